The van der Waals surface area contributed by atoms with E-state index in [2.05, 4.69) is 83.6 Å². The number of benzene rings is 3. The zero-order valence-electron chi connectivity index (χ0n) is 14.5. The molecule has 124 valence electrons. The van der Waals surface area contributed by atoms with Gasteiger partial charge in [-0.2, -0.15) is 4.57 Å². The highest BCUT2D eigenvalue weighted by atomic mass is 16.5. The van der Waals surface area contributed by atoms with E-state index < -0.39 is 0 Å². The molecular weight excluding hydrogens is 318 g/mol. The second-order valence-corrected chi connectivity index (χ2v) is 6.47. The maximum Gasteiger partial charge on any atom is 0.227 e. The Labute approximate surface area is 152 Å². The van der Waals surface area contributed by atoms with Gasteiger partial charge < -0.3 is 4.74 Å². The van der Waals surface area contributed by atoms with Crippen LogP contribution in [0.5, 0.6) is 5.75 Å². The van der Waals surface area contributed by atoms with Crippen molar-refractivity contribution >= 4 is 22.4 Å². The van der Waals surface area contributed by atoms with E-state index in [0.29, 0.717) is 0 Å². The van der Waals surface area contributed by atoms with Crippen molar-refractivity contribution in [2.45, 2.75) is 0 Å². The summed E-state index contributed by atoms with van der Waals surface area (Å²) in [6.45, 7) is 0. The molecule has 0 unspecified atom stereocenters. The fourth-order valence-corrected chi connectivity index (χ4v) is 3.74. The maximum atomic E-state index is 5.28. The first kappa shape index (κ1) is 14.9. The first-order chi connectivity index (χ1) is 12.8. The van der Waals surface area contributed by atoms with E-state index >= 15 is 0 Å². The minimum Gasteiger partial charge on any atom is -0.497 e. The largest absolute Gasteiger partial charge is 0.497 e. The summed E-state index contributed by atoms with van der Waals surface area (Å²) < 4.78 is 7.58. The van der Waals surface area contributed by atoms with Crippen LogP contribution in [0.2, 0.25) is 0 Å². The molecule has 0 fully saturated rings. The van der Waals surface area contributed by atoms with E-state index in [9.17, 15) is 0 Å². The number of hydrogen-bond acceptors (Lipinski definition) is 1. The van der Waals surface area contributed by atoms with Gasteiger partial charge in [0.15, 0.2) is 6.20 Å². The topological polar surface area (TPSA) is 13.1 Å². The molecule has 1 aliphatic rings. The Morgan fingerprint density at radius 3 is 2.42 bits per heavy atom. The number of rotatable bonds is 2. The lowest BCUT2D eigenvalue weighted by Gasteiger charge is -2.03. The molecule has 0 spiro atoms. The van der Waals surface area contributed by atoms with Gasteiger partial charge in [-0.25, -0.2) is 0 Å². The summed E-state index contributed by atoms with van der Waals surface area (Å²) in [5, 5.41) is 2.53. The van der Waals surface area contributed by atoms with E-state index in [-0.39, 0.29) is 0 Å². The van der Waals surface area contributed by atoms with Crippen LogP contribution in [0.25, 0.3) is 28.1 Å². The van der Waals surface area contributed by atoms with Gasteiger partial charge in [0.05, 0.1) is 23.6 Å². The number of aromatic nitrogens is 1. The molecule has 0 aliphatic carbocycles. The van der Waals surface area contributed by atoms with Crippen molar-refractivity contribution in [2.24, 2.45) is 0 Å². The molecule has 2 heteroatoms. The molecule has 0 radical (unpaired) electrons. The molecule has 1 aliphatic heterocycles. The van der Waals surface area contributed by atoms with Crippen LogP contribution in [-0.2, 0) is 0 Å². The van der Waals surface area contributed by atoms with E-state index in [1.54, 1.807) is 7.11 Å². The summed E-state index contributed by atoms with van der Waals surface area (Å²) in [7, 11) is 1.69. The van der Waals surface area contributed by atoms with Crippen LogP contribution < -0.4 is 9.30 Å². The van der Waals surface area contributed by atoms with Gasteiger partial charge >= 0.3 is 0 Å². The minimum absolute atomic E-state index is 0.874. The van der Waals surface area contributed by atoms with Crippen LogP contribution in [0.15, 0.2) is 85.1 Å². The van der Waals surface area contributed by atoms with Gasteiger partial charge in [0.1, 0.15) is 5.75 Å². The number of pyridine rings is 1. The third-order valence-electron chi connectivity index (χ3n) is 5.00. The number of methoxy groups -OCH3 is 1. The Morgan fingerprint density at radius 1 is 0.808 bits per heavy atom. The van der Waals surface area contributed by atoms with Gasteiger partial charge in [-0.15, -0.1) is 0 Å². The summed E-state index contributed by atoms with van der Waals surface area (Å²) >= 11 is 0. The Balaban J connectivity index is 1.80. The lowest BCUT2D eigenvalue weighted by Crippen LogP contribution is -2.30. The molecule has 4 aromatic rings. The fourth-order valence-electron chi connectivity index (χ4n) is 3.74. The van der Waals surface area contributed by atoms with Crippen molar-refractivity contribution in [1.82, 2.24) is 0 Å². The number of fused-ring (bicyclic) bond motifs is 5. The number of nitrogens with zero attached hydrogens (tertiary/aromatic N) is 1. The predicted molar refractivity (Wildman–Crippen MR) is 105 cm³/mol. The van der Waals surface area contributed by atoms with Gasteiger partial charge in [0.2, 0.25) is 11.4 Å². The summed E-state index contributed by atoms with van der Waals surface area (Å²) in [6, 6.07) is 27.6. The third kappa shape index (κ3) is 2.23. The van der Waals surface area contributed by atoms with Gasteiger partial charge in [-0.1, -0.05) is 42.5 Å². The molecule has 0 atom stereocenters. The van der Waals surface area contributed by atoms with Gasteiger partial charge in [0.25, 0.3) is 0 Å². The first-order valence-electron chi connectivity index (χ1n) is 8.74. The van der Waals surface area contributed by atoms with Crippen LogP contribution in [0, 0.1) is 0 Å². The smallest absolute Gasteiger partial charge is 0.227 e. The van der Waals surface area contributed by atoms with Crippen LogP contribution in [0.1, 0.15) is 16.8 Å². The Morgan fingerprint density at radius 2 is 1.58 bits per heavy atom. The second kappa shape index (κ2) is 5.85. The average Bonchev–Trinajstić information content (AvgIpc) is 3.03. The first-order valence-corrected chi connectivity index (χ1v) is 8.74. The molecule has 2 nitrogen and oxygen atoms in total. The molecule has 5 rings (SSSR count). The van der Waals surface area contributed by atoms with E-state index in [4.69, 9.17) is 4.74 Å². The summed E-state index contributed by atoms with van der Waals surface area (Å²) in [5.41, 5.74) is 6.16. The highest BCUT2D eigenvalue weighted by Gasteiger charge is 2.33. The molecule has 0 saturated carbocycles. The maximum absolute atomic E-state index is 5.28. The molecule has 3 aromatic carbocycles. The van der Waals surface area contributed by atoms with Crippen molar-refractivity contribution in [3.8, 4) is 11.4 Å². The van der Waals surface area contributed by atoms with E-state index in [0.717, 1.165) is 11.3 Å². The SMILES string of the molecule is COc1ccc(/C=C2/c3ccccc3-[n+]3ccc4ccccc4c32)cc1. The molecule has 0 bridgehead atoms. The second-order valence-electron chi connectivity index (χ2n) is 6.47. The lowest BCUT2D eigenvalue weighted by molar-refractivity contribution is -0.592. The third-order valence-corrected chi connectivity index (χ3v) is 5.00. The quantitative estimate of drug-likeness (QED) is 0.412. The zero-order chi connectivity index (χ0) is 17.5. The Bertz CT molecular complexity index is 1160. The van der Waals surface area contributed by atoms with Crippen molar-refractivity contribution in [1.29, 1.82) is 0 Å². The lowest BCUT2D eigenvalue weighted by atomic mass is 9.98. The van der Waals surface area contributed by atoms with Gasteiger partial charge in [0, 0.05) is 12.1 Å². The van der Waals surface area contributed by atoms with Crippen molar-refractivity contribution < 1.29 is 9.30 Å². The highest BCUT2D eigenvalue weighted by molar-refractivity contribution is 6.02. The average molecular weight is 336 g/mol. The van der Waals surface area contributed by atoms with E-state index in [1.165, 1.54) is 33.3 Å². The molecule has 26 heavy (non-hydrogen) atoms. The van der Waals surface area contributed by atoms with E-state index in [1.807, 2.05) is 12.1 Å². The fraction of sp³-hybridized carbons (Fsp3) is 0.0417. The summed E-state index contributed by atoms with van der Waals surface area (Å²) in [6.07, 6.45) is 4.44. The van der Waals surface area contributed by atoms with Crippen molar-refractivity contribution in [3.63, 3.8) is 0 Å². The summed E-state index contributed by atoms with van der Waals surface area (Å²) in [5.74, 6) is 0.874. The Hall–Kier alpha value is -3.39. The zero-order valence-corrected chi connectivity index (χ0v) is 14.5. The van der Waals surface area contributed by atoms with Crippen LogP contribution in [0.4, 0.5) is 0 Å². The monoisotopic (exact) mass is 336 g/mol. The summed E-state index contributed by atoms with van der Waals surface area (Å²) in [4.78, 5) is 0. The number of ether oxygens (including phenoxy) is 1. The number of para-hydroxylation sites is 1. The Kier molecular flexibility index (Phi) is 3.36. The van der Waals surface area contributed by atoms with Crippen LogP contribution in [-0.4, -0.2) is 7.11 Å². The normalized spacial score (nSPS) is 13.7. The van der Waals surface area contributed by atoms with Crippen molar-refractivity contribution in [3.05, 3.63) is 102 Å². The van der Waals surface area contributed by atoms with Crippen LogP contribution in [0.3, 0.4) is 0 Å². The standard InChI is InChI=1S/C24H18NO/c1-26-19-12-10-17(11-13-19)16-22-21-8-4-5-9-23(21)25-15-14-18-6-2-3-7-20(18)24(22)25/h2-16H,1H3/q+1/b22-16-. The molecule has 2 heterocycles. The minimum atomic E-state index is 0.874. The van der Waals surface area contributed by atoms with Crippen molar-refractivity contribution in [2.75, 3.05) is 7.11 Å². The predicted octanol–water partition coefficient (Wildman–Crippen LogP) is 5.03. The number of hydrogen-bond donors (Lipinski definition) is 0. The molecule has 0 N–H and O–H groups in total. The van der Waals surface area contributed by atoms with Gasteiger partial charge in [-0.05, 0) is 41.3 Å². The highest BCUT2D eigenvalue weighted by Crippen LogP contribution is 2.36. The molecule has 0 amide bonds. The van der Waals surface area contributed by atoms with Crippen LogP contribution >= 0.6 is 0 Å². The van der Waals surface area contributed by atoms with Gasteiger partial charge in [-0.3, -0.25) is 0 Å². The molecular formula is C24H18NO+. The molecule has 1 aromatic heterocycles. The molecule has 0 saturated heterocycles.